The third-order valence-corrected chi connectivity index (χ3v) is 2.06. The molecule has 0 saturated heterocycles. The number of urea groups is 1. The lowest BCUT2D eigenvalue weighted by molar-refractivity contribution is -0.138. The summed E-state index contributed by atoms with van der Waals surface area (Å²) in [7, 11) is 1.55. The van der Waals surface area contributed by atoms with Gasteiger partial charge in [-0.1, -0.05) is 0 Å². The molecule has 0 aromatic carbocycles. The number of carboxylic acid groups (broad SMARTS) is 1. The molecule has 0 heterocycles. The number of carboxylic acids is 1. The molecule has 6 heteroatoms. The van der Waals surface area contributed by atoms with Crippen molar-refractivity contribution in [3.05, 3.63) is 0 Å². The maximum absolute atomic E-state index is 11.8. The Morgan fingerprint density at radius 1 is 1.44 bits per heavy atom. The molecule has 90 valence electrons. The number of nitriles is 1. The zero-order valence-electron chi connectivity index (χ0n) is 9.80. The molecule has 0 aromatic rings. The standard InChI is InChI=1S/C10H17N3O3/c1-8(2)13(7-9(14)15)10(16)12(3)6-4-5-11/h8H,4,6-7H2,1-3H3,(H,14,15). The third kappa shape index (κ3) is 4.64. The highest BCUT2D eigenvalue weighted by Gasteiger charge is 2.22. The van der Waals surface area contributed by atoms with E-state index in [4.69, 9.17) is 10.4 Å². The summed E-state index contributed by atoms with van der Waals surface area (Å²) in [6.45, 7) is 3.48. The lowest BCUT2D eigenvalue weighted by Gasteiger charge is -2.29. The Labute approximate surface area is 95.1 Å². The van der Waals surface area contributed by atoms with Crippen LogP contribution in [0.3, 0.4) is 0 Å². The fourth-order valence-electron chi connectivity index (χ4n) is 1.15. The highest BCUT2D eigenvalue weighted by Crippen LogP contribution is 2.03. The van der Waals surface area contributed by atoms with E-state index in [0.29, 0.717) is 6.54 Å². The van der Waals surface area contributed by atoms with Gasteiger partial charge in [0.2, 0.25) is 0 Å². The lowest BCUT2D eigenvalue weighted by atomic mass is 10.3. The Kier molecular flexibility index (Phi) is 5.93. The van der Waals surface area contributed by atoms with Crippen LogP contribution in [0.15, 0.2) is 0 Å². The van der Waals surface area contributed by atoms with Crippen molar-refractivity contribution in [3.63, 3.8) is 0 Å². The number of aliphatic carboxylic acids is 1. The molecule has 0 bridgehead atoms. The van der Waals surface area contributed by atoms with Gasteiger partial charge in [-0.15, -0.1) is 0 Å². The normalized spacial score (nSPS) is 9.69. The van der Waals surface area contributed by atoms with Crippen LogP contribution in [0.5, 0.6) is 0 Å². The summed E-state index contributed by atoms with van der Waals surface area (Å²) in [5.74, 6) is -1.05. The van der Waals surface area contributed by atoms with Crippen molar-refractivity contribution in [2.75, 3.05) is 20.1 Å². The molecule has 1 N–H and O–H groups in total. The summed E-state index contributed by atoms with van der Waals surface area (Å²) in [4.78, 5) is 25.0. The van der Waals surface area contributed by atoms with Crippen LogP contribution >= 0.6 is 0 Å². The van der Waals surface area contributed by atoms with E-state index in [2.05, 4.69) is 0 Å². The van der Waals surface area contributed by atoms with Gasteiger partial charge in [-0.3, -0.25) is 4.79 Å². The fraction of sp³-hybridized carbons (Fsp3) is 0.700. The van der Waals surface area contributed by atoms with Crippen molar-refractivity contribution in [1.82, 2.24) is 9.80 Å². The average molecular weight is 227 g/mol. The van der Waals surface area contributed by atoms with Gasteiger partial charge in [0.1, 0.15) is 6.54 Å². The van der Waals surface area contributed by atoms with E-state index >= 15 is 0 Å². The van der Waals surface area contributed by atoms with Crippen molar-refractivity contribution >= 4 is 12.0 Å². The van der Waals surface area contributed by atoms with Crippen molar-refractivity contribution in [3.8, 4) is 6.07 Å². The molecule has 0 aliphatic heterocycles. The van der Waals surface area contributed by atoms with E-state index in [0.717, 1.165) is 0 Å². The summed E-state index contributed by atoms with van der Waals surface area (Å²) in [5, 5.41) is 17.1. The van der Waals surface area contributed by atoms with E-state index in [1.807, 2.05) is 6.07 Å². The first-order chi connectivity index (χ1) is 7.40. The molecule has 6 nitrogen and oxygen atoms in total. The molecule has 0 fully saturated rings. The molecule has 0 unspecified atom stereocenters. The Hall–Kier alpha value is -1.77. The van der Waals surface area contributed by atoms with Gasteiger partial charge >= 0.3 is 12.0 Å². The maximum Gasteiger partial charge on any atom is 0.323 e. The summed E-state index contributed by atoms with van der Waals surface area (Å²) in [6.07, 6.45) is 0.237. The average Bonchev–Trinajstić information content (AvgIpc) is 2.20. The van der Waals surface area contributed by atoms with Crippen LogP contribution in [0.25, 0.3) is 0 Å². The molecule has 16 heavy (non-hydrogen) atoms. The third-order valence-electron chi connectivity index (χ3n) is 2.06. The highest BCUT2D eigenvalue weighted by atomic mass is 16.4. The highest BCUT2D eigenvalue weighted by molar-refractivity contribution is 5.80. The van der Waals surface area contributed by atoms with Crippen LogP contribution < -0.4 is 0 Å². The van der Waals surface area contributed by atoms with E-state index < -0.39 is 5.97 Å². The van der Waals surface area contributed by atoms with Crippen LogP contribution in [0.1, 0.15) is 20.3 Å². The fourth-order valence-corrected chi connectivity index (χ4v) is 1.15. The van der Waals surface area contributed by atoms with Gasteiger partial charge in [0.25, 0.3) is 0 Å². The molecular formula is C10H17N3O3. The summed E-state index contributed by atoms with van der Waals surface area (Å²) in [5.41, 5.74) is 0. The maximum atomic E-state index is 11.8. The molecular weight excluding hydrogens is 210 g/mol. The van der Waals surface area contributed by atoms with Gasteiger partial charge in [-0.25, -0.2) is 4.79 Å². The minimum Gasteiger partial charge on any atom is -0.480 e. The Balaban J connectivity index is 4.49. The molecule has 0 aliphatic rings. The molecule has 0 spiro atoms. The van der Waals surface area contributed by atoms with Crippen molar-refractivity contribution in [2.24, 2.45) is 0 Å². The molecule has 0 aliphatic carbocycles. The smallest absolute Gasteiger partial charge is 0.323 e. The predicted molar refractivity (Wildman–Crippen MR) is 57.7 cm³/mol. The minimum atomic E-state index is -1.05. The first-order valence-electron chi connectivity index (χ1n) is 5.00. The second kappa shape index (κ2) is 6.67. The van der Waals surface area contributed by atoms with Crippen LogP contribution in [0, 0.1) is 11.3 Å². The number of hydrogen-bond acceptors (Lipinski definition) is 3. The number of hydrogen-bond donors (Lipinski definition) is 1. The largest absolute Gasteiger partial charge is 0.480 e. The van der Waals surface area contributed by atoms with E-state index in [-0.39, 0.29) is 25.0 Å². The Morgan fingerprint density at radius 2 is 2.00 bits per heavy atom. The van der Waals surface area contributed by atoms with Crippen molar-refractivity contribution in [2.45, 2.75) is 26.3 Å². The molecule has 0 radical (unpaired) electrons. The van der Waals surface area contributed by atoms with E-state index in [9.17, 15) is 9.59 Å². The monoisotopic (exact) mass is 227 g/mol. The van der Waals surface area contributed by atoms with Crippen LogP contribution in [-0.4, -0.2) is 53.1 Å². The van der Waals surface area contributed by atoms with Gasteiger partial charge in [0.15, 0.2) is 0 Å². The molecule has 0 saturated carbocycles. The second-order valence-corrected chi connectivity index (χ2v) is 3.73. The zero-order valence-corrected chi connectivity index (χ0v) is 9.80. The van der Waals surface area contributed by atoms with E-state index in [1.54, 1.807) is 20.9 Å². The van der Waals surface area contributed by atoms with Gasteiger partial charge < -0.3 is 14.9 Å². The first kappa shape index (κ1) is 14.2. The van der Waals surface area contributed by atoms with Crippen LogP contribution in [0.4, 0.5) is 4.79 Å². The van der Waals surface area contributed by atoms with Gasteiger partial charge in [0.05, 0.1) is 12.5 Å². The number of amides is 2. The summed E-state index contributed by atoms with van der Waals surface area (Å²) >= 11 is 0. The number of rotatable bonds is 5. The quantitative estimate of drug-likeness (QED) is 0.751. The number of carbonyl (C=O) groups excluding carboxylic acids is 1. The van der Waals surface area contributed by atoms with Crippen LogP contribution in [-0.2, 0) is 4.79 Å². The first-order valence-corrected chi connectivity index (χ1v) is 5.00. The summed E-state index contributed by atoms with van der Waals surface area (Å²) < 4.78 is 0. The SMILES string of the molecule is CC(C)N(CC(=O)O)C(=O)N(C)CCC#N. The molecule has 2 amide bonds. The van der Waals surface area contributed by atoms with Crippen LogP contribution in [0.2, 0.25) is 0 Å². The molecule has 0 atom stereocenters. The van der Waals surface area contributed by atoms with Crippen molar-refractivity contribution < 1.29 is 14.7 Å². The second-order valence-electron chi connectivity index (χ2n) is 3.73. The molecule has 0 rings (SSSR count). The number of nitrogens with zero attached hydrogens (tertiary/aromatic N) is 3. The van der Waals surface area contributed by atoms with E-state index in [1.165, 1.54) is 9.80 Å². The topological polar surface area (TPSA) is 84.6 Å². The Morgan fingerprint density at radius 3 is 2.38 bits per heavy atom. The predicted octanol–water partition coefficient (Wildman–Crippen LogP) is 0.747. The minimum absolute atomic E-state index is 0.187. The number of carbonyl (C=O) groups is 2. The van der Waals surface area contributed by atoms with Gasteiger partial charge in [0, 0.05) is 19.6 Å². The molecule has 0 aromatic heterocycles. The van der Waals surface area contributed by atoms with Gasteiger partial charge in [-0.05, 0) is 13.8 Å². The lowest BCUT2D eigenvalue weighted by Crippen LogP contribution is -2.47. The Bertz CT molecular complexity index is 296. The van der Waals surface area contributed by atoms with Gasteiger partial charge in [-0.2, -0.15) is 5.26 Å². The summed E-state index contributed by atoms with van der Waals surface area (Å²) in [6, 6.07) is 1.38. The zero-order chi connectivity index (χ0) is 12.7. The van der Waals surface area contributed by atoms with Crippen molar-refractivity contribution in [1.29, 1.82) is 5.26 Å².